The molecule has 4 aromatic carbocycles. The molecule has 1 N–H and O–H groups in total. The Morgan fingerprint density at radius 2 is 1.74 bits per heavy atom. The molecule has 5 aromatic rings. The number of nitrogens with zero attached hydrogens (tertiary/aromatic N) is 2. The quantitative estimate of drug-likeness (QED) is 0.117. The molecular formula is C36H30N2O7S. The molecule has 2 aliphatic rings. The van der Waals surface area contributed by atoms with E-state index < -0.39 is 17.7 Å². The number of Topliss-reactive ketones (excluding diaryl/α,β-unsaturated/α-hetero) is 1. The van der Waals surface area contributed by atoms with Crippen molar-refractivity contribution >= 4 is 44.1 Å². The van der Waals surface area contributed by atoms with Gasteiger partial charge in [-0.15, -0.1) is 0 Å². The number of hydrogen-bond acceptors (Lipinski definition) is 9. The number of carbonyl (C=O) groups excluding carboxylic acids is 2. The van der Waals surface area contributed by atoms with Crippen LogP contribution in [0.25, 0.3) is 16.0 Å². The molecule has 0 aliphatic carbocycles. The summed E-state index contributed by atoms with van der Waals surface area (Å²) in [5.41, 5.74) is 4.54. The van der Waals surface area contributed by atoms with Gasteiger partial charge in [0.05, 0.1) is 28.9 Å². The van der Waals surface area contributed by atoms with Gasteiger partial charge in [-0.2, -0.15) is 0 Å². The zero-order chi connectivity index (χ0) is 31.9. The summed E-state index contributed by atoms with van der Waals surface area (Å²) in [5, 5.41) is 12.1. The predicted molar refractivity (Wildman–Crippen MR) is 175 cm³/mol. The third-order valence-electron chi connectivity index (χ3n) is 8.03. The molecule has 2 aliphatic heterocycles. The second-order valence-corrected chi connectivity index (χ2v) is 12.1. The lowest BCUT2D eigenvalue weighted by Gasteiger charge is -2.24. The zero-order valence-electron chi connectivity index (χ0n) is 25.4. The van der Waals surface area contributed by atoms with Crippen molar-refractivity contribution in [2.45, 2.75) is 26.5 Å². The van der Waals surface area contributed by atoms with Crippen LogP contribution in [0.5, 0.6) is 23.0 Å². The fraction of sp³-hybridized carbons (Fsp3) is 0.194. The van der Waals surface area contributed by atoms with Crippen LogP contribution in [0.15, 0.2) is 84.4 Å². The number of methoxy groups -OCH3 is 1. The Hall–Kier alpha value is -5.35. The normalized spacial score (nSPS) is 17.0. The number of ketones is 1. The second kappa shape index (κ2) is 11.9. The molecule has 1 fully saturated rings. The molecule has 0 radical (unpaired) electrons. The number of hydrogen-bond donors (Lipinski definition) is 1. The number of amides is 1. The van der Waals surface area contributed by atoms with Crippen molar-refractivity contribution in [1.29, 1.82) is 0 Å². The summed E-state index contributed by atoms with van der Waals surface area (Å²) >= 11 is 1.32. The molecule has 0 unspecified atom stereocenters. The highest BCUT2D eigenvalue weighted by atomic mass is 32.1. The van der Waals surface area contributed by atoms with Crippen molar-refractivity contribution in [3.63, 3.8) is 0 Å². The molecule has 1 amide bonds. The largest absolute Gasteiger partial charge is 0.507 e. The summed E-state index contributed by atoms with van der Waals surface area (Å²) in [5.74, 6) is -0.0670. The van der Waals surface area contributed by atoms with Crippen molar-refractivity contribution in [3.8, 4) is 23.0 Å². The van der Waals surface area contributed by atoms with Crippen LogP contribution in [0.1, 0.15) is 33.9 Å². The SMILES string of the molecule is COc1cc([C@@H]2C(=C(O)c3ccc4c(c3)OCCO4)C(=O)C(=O)N2c2nc3c(C)cc(C)cc3s2)ccc1OCc1ccccc1. The lowest BCUT2D eigenvalue weighted by Crippen LogP contribution is -2.29. The number of aliphatic hydroxyl groups excluding tert-OH is 1. The number of aromatic nitrogens is 1. The number of rotatable bonds is 7. The Balaban J connectivity index is 1.36. The molecule has 46 heavy (non-hydrogen) atoms. The molecular weight excluding hydrogens is 604 g/mol. The van der Waals surface area contributed by atoms with E-state index in [0.717, 1.165) is 26.9 Å². The molecule has 0 bridgehead atoms. The Kier molecular flexibility index (Phi) is 7.58. The fourth-order valence-corrected chi connectivity index (χ4v) is 7.03. The molecule has 1 aromatic heterocycles. The fourth-order valence-electron chi connectivity index (χ4n) is 5.86. The smallest absolute Gasteiger partial charge is 0.301 e. The van der Waals surface area contributed by atoms with Gasteiger partial charge in [0.2, 0.25) is 0 Å². The van der Waals surface area contributed by atoms with Crippen molar-refractivity contribution in [1.82, 2.24) is 4.98 Å². The van der Waals surface area contributed by atoms with Gasteiger partial charge in [0.1, 0.15) is 25.6 Å². The first-order valence-electron chi connectivity index (χ1n) is 14.8. The molecule has 9 nitrogen and oxygen atoms in total. The molecule has 1 saturated heterocycles. The summed E-state index contributed by atoms with van der Waals surface area (Å²) in [7, 11) is 1.53. The summed E-state index contributed by atoms with van der Waals surface area (Å²) in [6.45, 7) is 5.06. The second-order valence-electron chi connectivity index (χ2n) is 11.1. The molecule has 1 atom stereocenters. The number of ether oxygens (including phenoxy) is 4. The van der Waals surface area contributed by atoms with Gasteiger partial charge in [-0.05, 0) is 72.5 Å². The third kappa shape index (κ3) is 5.20. The number of aliphatic hydroxyl groups is 1. The van der Waals surface area contributed by atoms with E-state index in [4.69, 9.17) is 23.9 Å². The van der Waals surface area contributed by atoms with Crippen molar-refractivity contribution < 1.29 is 33.6 Å². The van der Waals surface area contributed by atoms with Gasteiger partial charge >= 0.3 is 5.91 Å². The maximum Gasteiger partial charge on any atom is 0.301 e. The van der Waals surface area contributed by atoms with Crippen LogP contribution in [-0.4, -0.2) is 42.1 Å². The molecule has 10 heteroatoms. The summed E-state index contributed by atoms with van der Waals surface area (Å²) in [4.78, 5) is 33.9. The van der Waals surface area contributed by atoms with Gasteiger partial charge in [0.15, 0.2) is 28.1 Å². The number of aryl methyl sites for hydroxylation is 2. The van der Waals surface area contributed by atoms with Crippen LogP contribution in [0.3, 0.4) is 0 Å². The minimum Gasteiger partial charge on any atom is -0.507 e. The molecule has 0 saturated carbocycles. The van der Waals surface area contributed by atoms with Gasteiger partial charge in [-0.1, -0.05) is 53.8 Å². The van der Waals surface area contributed by atoms with Gasteiger partial charge in [-0.25, -0.2) is 4.98 Å². The van der Waals surface area contributed by atoms with E-state index >= 15 is 0 Å². The monoisotopic (exact) mass is 634 g/mol. The van der Waals surface area contributed by atoms with Gasteiger partial charge < -0.3 is 24.1 Å². The van der Waals surface area contributed by atoms with E-state index in [-0.39, 0.29) is 11.3 Å². The summed E-state index contributed by atoms with van der Waals surface area (Å²) < 4.78 is 24.0. The first kappa shape index (κ1) is 29.4. The minimum atomic E-state index is -1.01. The minimum absolute atomic E-state index is 0.0751. The maximum atomic E-state index is 13.9. The highest BCUT2D eigenvalue weighted by Gasteiger charge is 2.48. The van der Waals surface area contributed by atoms with Crippen LogP contribution >= 0.6 is 11.3 Å². The van der Waals surface area contributed by atoms with Crippen molar-refractivity contribution in [2.75, 3.05) is 25.2 Å². The highest BCUT2D eigenvalue weighted by Crippen LogP contribution is 2.47. The Bertz CT molecular complexity index is 2040. The van der Waals surface area contributed by atoms with E-state index in [2.05, 4.69) is 0 Å². The first-order chi connectivity index (χ1) is 22.3. The van der Waals surface area contributed by atoms with E-state index in [9.17, 15) is 14.7 Å². The number of thiazole rings is 1. The van der Waals surface area contributed by atoms with Crippen LogP contribution in [0, 0.1) is 13.8 Å². The van der Waals surface area contributed by atoms with E-state index in [1.807, 2.05) is 56.3 Å². The lowest BCUT2D eigenvalue weighted by atomic mass is 9.95. The maximum absolute atomic E-state index is 13.9. The highest BCUT2D eigenvalue weighted by molar-refractivity contribution is 7.22. The number of fused-ring (bicyclic) bond motifs is 2. The van der Waals surface area contributed by atoms with E-state index in [1.54, 1.807) is 36.4 Å². The van der Waals surface area contributed by atoms with Crippen molar-refractivity contribution in [2.24, 2.45) is 0 Å². The Morgan fingerprint density at radius 3 is 2.52 bits per heavy atom. The zero-order valence-corrected chi connectivity index (χ0v) is 26.2. The number of anilines is 1. The lowest BCUT2D eigenvalue weighted by molar-refractivity contribution is -0.132. The molecule has 232 valence electrons. The third-order valence-corrected chi connectivity index (χ3v) is 9.03. The average molecular weight is 635 g/mol. The van der Waals surface area contributed by atoms with Crippen LogP contribution in [-0.2, 0) is 16.2 Å². The standard InChI is InChI=1S/C36H30N2O7S/c1-20-15-21(2)31-29(16-20)46-36(37-31)38-32(23-9-11-25(27(17-23)42-3)45-19-22-7-5-4-6-8-22)30(34(40)35(38)41)33(39)24-10-12-26-28(18-24)44-14-13-43-26/h4-12,15-18,32,39H,13-14,19H2,1-3H3/t32-/m1/s1. The predicted octanol–water partition coefficient (Wildman–Crippen LogP) is 6.90. The van der Waals surface area contributed by atoms with E-state index in [1.165, 1.54) is 23.3 Å². The van der Waals surface area contributed by atoms with E-state index in [0.29, 0.717) is 59.1 Å². The molecule has 7 rings (SSSR count). The van der Waals surface area contributed by atoms with Gasteiger partial charge in [0, 0.05) is 5.56 Å². The first-order valence-corrected chi connectivity index (χ1v) is 15.6. The average Bonchev–Trinajstić information content (AvgIpc) is 3.61. The van der Waals surface area contributed by atoms with Crippen LogP contribution in [0.2, 0.25) is 0 Å². The molecule has 3 heterocycles. The van der Waals surface area contributed by atoms with Gasteiger partial charge in [-0.3, -0.25) is 14.5 Å². The number of benzene rings is 4. The van der Waals surface area contributed by atoms with Crippen LogP contribution < -0.4 is 23.8 Å². The molecule has 0 spiro atoms. The summed E-state index contributed by atoms with van der Waals surface area (Å²) in [6, 6.07) is 22.9. The Labute approximate surface area is 269 Å². The van der Waals surface area contributed by atoms with Crippen LogP contribution in [0.4, 0.5) is 5.13 Å². The Morgan fingerprint density at radius 1 is 0.957 bits per heavy atom. The number of carbonyl (C=O) groups is 2. The van der Waals surface area contributed by atoms with Gasteiger partial charge in [0.25, 0.3) is 5.78 Å². The van der Waals surface area contributed by atoms with Crippen molar-refractivity contribution in [3.05, 3.63) is 112 Å². The topological polar surface area (TPSA) is 107 Å². The summed E-state index contributed by atoms with van der Waals surface area (Å²) in [6.07, 6.45) is 0.